The van der Waals surface area contributed by atoms with Crippen LogP contribution in [0.1, 0.15) is 47.4 Å². The molecule has 1 fully saturated rings. The first-order valence-electron chi connectivity index (χ1n) is 11.1. The van der Waals surface area contributed by atoms with Gasteiger partial charge < -0.3 is 14.6 Å². The first-order chi connectivity index (χ1) is 16.0. The third kappa shape index (κ3) is 5.28. The van der Waals surface area contributed by atoms with Gasteiger partial charge in [0.05, 0.1) is 28.1 Å². The highest BCUT2D eigenvalue weighted by molar-refractivity contribution is 7.92. The molecule has 0 unspecified atom stereocenters. The molecule has 0 aliphatic heterocycles. The number of carbonyl (C=O) groups is 2. The van der Waals surface area contributed by atoms with Crippen LogP contribution in [-0.4, -0.2) is 37.2 Å². The number of nitrogens with zero attached hydrogens (tertiary/aromatic N) is 1. The summed E-state index contributed by atoms with van der Waals surface area (Å²) >= 11 is 6.35. The molecule has 1 heterocycles. The fraction of sp³-hybridized carbons (Fsp3) is 0.360. The first kappa shape index (κ1) is 24.3. The summed E-state index contributed by atoms with van der Waals surface area (Å²) < 4.78 is 31.9. The number of benzene rings is 2. The fourth-order valence-corrected chi connectivity index (χ4v) is 5.26. The molecule has 1 aliphatic carbocycles. The number of hydrogen-bond acceptors (Lipinski definition) is 5. The van der Waals surface area contributed by atoms with Crippen molar-refractivity contribution < 1.29 is 22.7 Å². The van der Waals surface area contributed by atoms with Crippen molar-refractivity contribution in [2.24, 2.45) is 13.0 Å². The van der Waals surface area contributed by atoms with Gasteiger partial charge >= 0.3 is 5.97 Å². The van der Waals surface area contributed by atoms with Crippen LogP contribution in [0.3, 0.4) is 0 Å². The zero-order valence-corrected chi connectivity index (χ0v) is 20.9. The molecule has 9 heteroatoms. The maximum Gasteiger partial charge on any atom is 0.321 e. The molecule has 1 aliphatic rings. The summed E-state index contributed by atoms with van der Waals surface area (Å²) in [6.07, 6.45) is 2.04. The van der Waals surface area contributed by atoms with Gasteiger partial charge in [0.2, 0.25) is 0 Å². The molecule has 1 atom stereocenters. The average Bonchev–Trinajstić information content (AvgIpc) is 3.55. The maximum atomic E-state index is 13.0. The Bertz CT molecular complexity index is 1360. The van der Waals surface area contributed by atoms with E-state index in [9.17, 15) is 18.0 Å². The molecule has 0 bridgehead atoms. The Morgan fingerprint density at radius 3 is 2.50 bits per heavy atom. The van der Waals surface area contributed by atoms with Crippen molar-refractivity contribution in [3.63, 3.8) is 0 Å². The van der Waals surface area contributed by atoms with Gasteiger partial charge in [-0.05, 0) is 74.1 Å². The van der Waals surface area contributed by atoms with Gasteiger partial charge in [-0.25, -0.2) is 8.42 Å². The second-order valence-corrected chi connectivity index (χ2v) is 11.3. The molecule has 0 spiro atoms. The van der Waals surface area contributed by atoms with Crippen LogP contribution < -0.4 is 5.32 Å². The van der Waals surface area contributed by atoms with E-state index in [1.807, 2.05) is 33.0 Å². The van der Waals surface area contributed by atoms with Crippen molar-refractivity contribution in [3.05, 3.63) is 64.3 Å². The first-order valence-corrected chi connectivity index (χ1v) is 13.1. The number of carbonyl (C=O) groups excluding carboxylic acids is 2. The molecule has 2 aromatic carbocycles. The van der Waals surface area contributed by atoms with Gasteiger partial charge in [-0.2, -0.15) is 0 Å². The lowest BCUT2D eigenvalue weighted by Crippen LogP contribution is -2.28. The lowest BCUT2D eigenvalue weighted by Gasteiger charge is -2.15. The predicted molar refractivity (Wildman–Crippen MR) is 131 cm³/mol. The average molecular weight is 503 g/mol. The molecule has 0 radical (unpaired) electrons. The number of halogens is 1. The molecule has 1 amide bonds. The minimum Gasteiger partial charge on any atom is -0.465 e. The summed E-state index contributed by atoms with van der Waals surface area (Å²) in [7, 11) is -1.99. The standard InChI is InChI=1S/C25H27ClN2O5S/c1-15-10-21(26)20-12-23(28(3)22(20)11-15)25(30)27-16(2)18-6-8-19(9-7-18)34(31,32)14-24(29)33-13-17-4-5-17/h6-12,16-17H,4-5,13-14H2,1-3H3,(H,27,30)/t16-/m1/s1. The molecule has 180 valence electrons. The van der Waals surface area contributed by atoms with Crippen molar-refractivity contribution in [2.45, 2.75) is 37.6 Å². The van der Waals surface area contributed by atoms with Gasteiger partial charge in [-0.1, -0.05) is 23.7 Å². The molecule has 4 rings (SSSR count). The molecule has 1 saturated carbocycles. The van der Waals surface area contributed by atoms with Gasteiger partial charge in [0.25, 0.3) is 5.91 Å². The monoisotopic (exact) mass is 502 g/mol. The molecular formula is C25H27ClN2O5S. The second kappa shape index (κ2) is 9.43. The van der Waals surface area contributed by atoms with E-state index in [1.54, 1.807) is 22.8 Å². The predicted octanol–water partition coefficient (Wildman–Crippen LogP) is 4.36. The summed E-state index contributed by atoms with van der Waals surface area (Å²) in [4.78, 5) is 24.9. The Labute approximate surface area is 204 Å². The maximum absolute atomic E-state index is 13.0. The van der Waals surface area contributed by atoms with E-state index in [2.05, 4.69) is 5.32 Å². The van der Waals surface area contributed by atoms with Crippen LogP contribution in [-0.2, 0) is 26.4 Å². The molecule has 0 saturated heterocycles. The van der Waals surface area contributed by atoms with Gasteiger partial charge in [-0.15, -0.1) is 0 Å². The van der Waals surface area contributed by atoms with Gasteiger partial charge in [0.1, 0.15) is 5.69 Å². The number of esters is 1. The van der Waals surface area contributed by atoms with E-state index in [0.717, 1.165) is 34.9 Å². The number of sulfone groups is 1. The number of hydrogen-bond donors (Lipinski definition) is 1. The van der Waals surface area contributed by atoms with Crippen molar-refractivity contribution >= 4 is 44.2 Å². The normalized spacial score (nSPS) is 14.7. The summed E-state index contributed by atoms with van der Waals surface area (Å²) in [5, 5.41) is 4.34. The summed E-state index contributed by atoms with van der Waals surface area (Å²) in [6, 6.07) is 11.4. The summed E-state index contributed by atoms with van der Waals surface area (Å²) in [5.41, 5.74) is 3.08. The van der Waals surface area contributed by atoms with E-state index >= 15 is 0 Å². The highest BCUT2D eigenvalue weighted by Crippen LogP contribution is 2.29. The van der Waals surface area contributed by atoms with Crippen LogP contribution >= 0.6 is 11.6 Å². The highest BCUT2D eigenvalue weighted by Gasteiger charge is 2.26. The summed E-state index contributed by atoms with van der Waals surface area (Å²) in [6.45, 7) is 4.05. The zero-order valence-electron chi connectivity index (χ0n) is 19.3. The Morgan fingerprint density at radius 1 is 1.18 bits per heavy atom. The van der Waals surface area contributed by atoms with Crippen LogP contribution in [0.15, 0.2) is 47.4 Å². The number of nitrogens with one attached hydrogen (secondary N) is 1. The van der Waals surface area contributed by atoms with Gasteiger partial charge in [0, 0.05) is 12.4 Å². The third-order valence-electron chi connectivity index (χ3n) is 6.06. The van der Waals surface area contributed by atoms with E-state index in [0.29, 0.717) is 16.6 Å². The van der Waals surface area contributed by atoms with Crippen LogP contribution in [0.4, 0.5) is 0 Å². The van der Waals surface area contributed by atoms with Crippen molar-refractivity contribution in [1.82, 2.24) is 9.88 Å². The Balaban J connectivity index is 1.43. The summed E-state index contributed by atoms with van der Waals surface area (Å²) in [5.74, 6) is -1.32. The molecule has 7 nitrogen and oxygen atoms in total. The van der Waals surface area contributed by atoms with Crippen molar-refractivity contribution in [3.8, 4) is 0 Å². The van der Waals surface area contributed by atoms with Crippen LogP contribution in [0.25, 0.3) is 10.9 Å². The molecule has 1 N–H and O–H groups in total. The Kier molecular flexibility index (Phi) is 6.73. The minimum atomic E-state index is -3.80. The van der Waals surface area contributed by atoms with Crippen molar-refractivity contribution in [2.75, 3.05) is 12.4 Å². The lowest BCUT2D eigenvalue weighted by atomic mass is 10.1. The van der Waals surface area contributed by atoms with E-state index in [-0.39, 0.29) is 23.5 Å². The molecule has 34 heavy (non-hydrogen) atoms. The third-order valence-corrected chi connectivity index (χ3v) is 7.98. The SMILES string of the molecule is Cc1cc(Cl)c2cc(C(=O)N[C@H](C)c3ccc(S(=O)(=O)CC(=O)OCC4CC4)cc3)n(C)c2c1. The lowest BCUT2D eigenvalue weighted by molar-refractivity contribution is -0.141. The quantitative estimate of drug-likeness (QED) is 0.462. The smallest absolute Gasteiger partial charge is 0.321 e. The topological polar surface area (TPSA) is 94.5 Å². The number of ether oxygens (including phenoxy) is 1. The largest absolute Gasteiger partial charge is 0.465 e. The Hall–Kier alpha value is -2.84. The van der Waals surface area contributed by atoms with Crippen molar-refractivity contribution in [1.29, 1.82) is 0 Å². The fourth-order valence-electron chi connectivity index (χ4n) is 3.83. The van der Waals surface area contributed by atoms with Crippen LogP contribution in [0.5, 0.6) is 0 Å². The zero-order chi connectivity index (χ0) is 24.6. The number of aromatic nitrogens is 1. The molecule has 1 aromatic heterocycles. The van der Waals surface area contributed by atoms with E-state index in [4.69, 9.17) is 16.3 Å². The number of rotatable bonds is 8. The number of fused-ring (bicyclic) bond motifs is 1. The molecule has 3 aromatic rings. The Morgan fingerprint density at radius 2 is 1.85 bits per heavy atom. The van der Waals surface area contributed by atoms with E-state index < -0.39 is 21.6 Å². The number of amides is 1. The minimum absolute atomic E-state index is 0.0387. The van der Waals surface area contributed by atoms with Gasteiger partial charge in [-0.3, -0.25) is 9.59 Å². The highest BCUT2D eigenvalue weighted by atomic mass is 35.5. The van der Waals surface area contributed by atoms with Gasteiger partial charge in [0.15, 0.2) is 15.6 Å². The number of aryl methyl sites for hydroxylation is 2. The second-order valence-electron chi connectivity index (χ2n) is 8.92. The van der Waals surface area contributed by atoms with E-state index in [1.165, 1.54) is 12.1 Å². The van der Waals surface area contributed by atoms with Crippen LogP contribution in [0, 0.1) is 12.8 Å². The molecular weight excluding hydrogens is 476 g/mol. The van der Waals surface area contributed by atoms with Crippen LogP contribution in [0.2, 0.25) is 5.02 Å².